The van der Waals surface area contributed by atoms with Gasteiger partial charge in [-0.1, -0.05) is 23.7 Å². The molecule has 94 valence electrons. The van der Waals surface area contributed by atoms with Gasteiger partial charge in [-0.2, -0.15) is 0 Å². The average Bonchev–Trinajstić information content (AvgIpc) is 2.58. The number of anilines is 1. The Morgan fingerprint density at radius 2 is 2.24 bits per heavy atom. The fourth-order valence-electron chi connectivity index (χ4n) is 2.22. The smallest absolute Gasteiger partial charge is 0.0642 e. The van der Waals surface area contributed by atoms with Crippen molar-refractivity contribution in [2.24, 2.45) is 0 Å². The Morgan fingerprint density at radius 3 is 3.06 bits per heavy atom. The lowest BCUT2D eigenvalue weighted by Crippen LogP contribution is -2.28. The van der Waals surface area contributed by atoms with Crippen LogP contribution in [-0.2, 0) is 11.3 Å². The van der Waals surface area contributed by atoms with E-state index in [4.69, 9.17) is 16.3 Å². The van der Waals surface area contributed by atoms with Crippen LogP contribution in [0.5, 0.6) is 0 Å². The van der Waals surface area contributed by atoms with E-state index in [0.29, 0.717) is 0 Å². The highest BCUT2D eigenvalue weighted by molar-refractivity contribution is 6.33. The van der Waals surface area contributed by atoms with E-state index in [1.807, 2.05) is 19.2 Å². The first-order valence-corrected chi connectivity index (χ1v) is 6.45. The molecule has 4 heteroatoms. The molecule has 1 fully saturated rings. The largest absolute Gasteiger partial charge is 0.380 e. The Labute approximate surface area is 108 Å². The fourth-order valence-corrected chi connectivity index (χ4v) is 2.53. The molecule has 1 aliphatic heterocycles. The average molecular weight is 255 g/mol. The number of halogens is 1. The summed E-state index contributed by atoms with van der Waals surface area (Å²) in [5.74, 6) is 0. The number of hydrogen-bond donors (Lipinski definition) is 1. The molecule has 3 nitrogen and oxygen atoms in total. The first-order chi connectivity index (χ1) is 8.33. The van der Waals surface area contributed by atoms with Gasteiger partial charge in [0, 0.05) is 26.2 Å². The lowest BCUT2D eigenvalue weighted by molar-refractivity contribution is 0.152. The zero-order valence-corrected chi connectivity index (χ0v) is 11.0. The number of nitrogens with zero attached hydrogens (tertiary/aromatic N) is 1. The van der Waals surface area contributed by atoms with Crippen molar-refractivity contribution in [2.75, 3.05) is 38.3 Å². The van der Waals surface area contributed by atoms with Crippen LogP contribution in [0.1, 0.15) is 12.0 Å². The molecule has 0 atom stereocenters. The van der Waals surface area contributed by atoms with E-state index in [-0.39, 0.29) is 0 Å². The summed E-state index contributed by atoms with van der Waals surface area (Å²) in [4.78, 5) is 2.34. The monoisotopic (exact) mass is 254 g/mol. The second-order valence-corrected chi connectivity index (χ2v) is 4.64. The van der Waals surface area contributed by atoms with E-state index >= 15 is 0 Å². The third-order valence-electron chi connectivity index (χ3n) is 2.98. The van der Waals surface area contributed by atoms with Gasteiger partial charge >= 0.3 is 0 Å². The number of hydrogen-bond acceptors (Lipinski definition) is 3. The van der Waals surface area contributed by atoms with Crippen LogP contribution in [0.4, 0.5) is 5.69 Å². The quantitative estimate of drug-likeness (QED) is 0.896. The van der Waals surface area contributed by atoms with Crippen molar-refractivity contribution in [3.8, 4) is 0 Å². The lowest BCUT2D eigenvalue weighted by atomic mass is 10.1. The maximum absolute atomic E-state index is 6.34. The maximum Gasteiger partial charge on any atom is 0.0642 e. The Hall–Kier alpha value is -0.770. The van der Waals surface area contributed by atoms with Gasteiger partial charge in [-0.3, -0.25) is 0 Å². The van der Waals surface area contributed by atoms with Gasteiger partial charge in [-0.05, 0) is 25.1 Å². The second-order valence-electron chi connectivity index (χ2n) is 4.23. The van der Waals surface area contributed by atoms with E-state index in [1.165, 1.54) is 5.56 Å². The first kappa shape index (κ1) is 12.7. The Balaban J connectivity index is 2.27. The summed E-state index contributed by atoms with van der Waals surface area (Å²) in [6.07, 6.45) is 1.06. The van der Waals surface area contributed by atoms with Crippen molar-refractivity contribution in [1.82, 2.24) is 5.32 Å². The number of rotatable bonds is 3. The fraction of sp³-hybridized carbons (Fsp3) is 0.538. The Bertz CT molecular complexity index is 362. The normalized spacial score (nSPS) is 16.9. The van der Waals surface area contributed by atoms with Crippen LogP contribution in [0.3, 0.4) is 0 Å². The molecule has 1 aromatic carbocycles. The molecule has 0 amide bonds. The molecule has 1 heterocycles. The molecule has 0 bridgehead atoms. The summed E-state index contributed by atoms with van der Waals surface area (Å²) in [5.41, 5.74) is 2.41. The topological polar surface area (TPSA) is 24.5 Å². The molecule has 0 unspecified atom stereocenters. The van der Waals surface area contributed by atoms with Gasteiger partial charge in [0.05, 0.1) is 17.3 Å². The molecule has 0 radical (unpaired) electrons. The van der Waals surface area contributed by atoms with Crippen molar-refractivity contribution in [3.05, 3.63) is 28.8 Å². The van der Waals surface area contributed by atoms with Crippen molar-refractivity contribution in [1.29, 1.82) is 0 Å². The van der Waals surface area contributed by atoms with Gasteiger partial charge in [-0.25, -0.2) is 0 Å². The number of nitrogens with one attached hydrogen (secondary N) is 1. The summed E-state index contributed by atoms with van der Waals surface area (Å²) < 4.78 is 5.49. The molecule has 0 aliphatic carbocycles. The Morgan fingerprint density at radius 1 is 1.35 bits per heavy atom. The lowest BCUT2D eigenvalue weighted by Gasteiger charge is -2.26. The SMILES string of the molecule is CNCc1cccc(Cl)c1N1CCCOCC1. The van der Waals surface area contributed by atoms with Crippen LogP contribution in [0.15, 0.2) is 18.2 Å². The minimum Gasteiger partial charge on any atom is -0.380 e. The predicted molar refractivity (Wildman–Crippen MR) is 71.9 cm³/mol. The van der Waals surface area contributed by atoms with Gasteiger partial charge < -0.3 is 15.0 Å². The number of benzene rings is 1. The van der Waals surface area contributed by atoms with E-state index in [1.54, 1.807) is 0 Å². The van der Waals surface area contributed by atoms with Crippen molar-refractivity contribution < 1.29 is 4.74 Å². The second kappa shape index (κ2) is 6.24. The van der Waals surface area contributed by atoms with Crippen LogP contribution in [0, 0.1) is 0 Å². The zero-order chi connectivity index (χ0) is 12.1. The van der Waals surface area contributed by atoms with E-state index in [9.17, 15) is 0 Å². The minimum absolute atomic E-state index is 0.782. The van der Waals surface area contributed by atoms with Gasteiger partial charge in [-0.15, -0.1) is 0 Å². The molecule has 0 aromatic heterocycles. The van der Waals surface area contributed by atoms with Crippen LogP contribution < -0.4 is 10.2 Å². The highest BCUT2D eigenvalue weighted by Crippen LogP contribution is 2.30. The zero-order valence-electron chi connectivity index (χ0n) is 10.2. The number of ether oxygens (including phenoxy) is 1. The van der Waals surface area contributed by atoms with Gasteiger partial charge in [0.1, 0.15) is 0 Å². The minimum atomic E-state index is 0.782. The summed E-state index contributed by atoms with van der Waals surface area (Å²) in [5, 5.41) is 4.02. The maximum atomic E-state index is 6.34. The molecule has 0 saturated carbocycles. The summed E-state index contributed by atoms with van der Waals surface area (Å²) in [7, 11) is 1.95. The van der Waals surface area contributed by atoms with Crippen LogP contribution in [0.25, 0.3) is 0 Å². The molecule has 0 spiro atoms. The van der Waals surface area contributed by atoms with E-state index in [0.717, 1.165) is 50.0 Å². The predicted octanol–water partition coefficient (Wildman–Crippen LogP) is 2.29. The molecule has 1 saturated heterocycles. The van der Waals surface area contributed by atoms with Gasteiger partial charge in [0.25, 0.3) is 0 Å². The summed E-state index contributed by atoms with van der Waals surface area (Å²) >= 11 is 6.34. The summed E-state index contributed by atoms with van der Waals surface area (Å²) in [6, 6.07) is 6.10. The highest BCUT2D eigenvalue weighted by Gasteiger charge is 2.16. The van der Waals surface area contributed by atoms with Crippen molar-refractivity contribution in [2.45, 2.75) is 13.0 Å². The molecule has 1 aliphatic rings. The summed E-state index contributed by atoms with van der Waals surface area (Å²) in [6.45, 7) is 4.40. The van der Waals surface area contributed by atoms with Crippen LogP contribution in [-0.4, -0.2) is 33.4 Å². The highest BCUT2D eigenvalue weighted by atomic mass is 35.5. The van der Waals surface area contributed by atoms with Gasteiger partial charge in [0.15, 0.2) is 0 Å². The van der Waals surface area contributed by atoms with Crippen LogP contribution >= 0.6 is 11.6 Å². The van der Waals surface area contributed by atoms with E-state index in [2.05, 4.69) is 16.3 Å². The molecule has 1 aromatic rings. The van der Waals surface area contributed by atoms with Gasteiger partial charge in [0.2, 0.25) is 0 Å². The molecular formula is C13H19ClN2O. The standard InChI is InChI=1S/C13H19ClN2O/c1-15-10-11-4-2-5-12(14)13(11)16-6-3-8-17-9-7-16/h2,4-5,15H,3,6-10H2,1H3. The van der Waals surface area contributed by atoms with Crippen molar-refractivity contribution in [3.63, 3.8) is 0 Å². The van der Waals surface area contributed by atoms with Crippen LogP contribution in [0.2, 0.25) is 5.02 Å². The Kier molecular flexibility index (Phi) is 4.66. The van der Waals surface area contributed by atoms with E-state index < -0.39 is 0 Å². The van der Waals surface area contributed by atoms with Crippen molar-refractivity contribution >= 4 is 17.3 Å². The third-order valence-corrected chi connectivity index (χ3v) is 3.28. The molecular weight excluding hydrogens is 236 g/mol. The molecule has 17 heavy (non-hydrogen) atoms. The first-order valence-electron chi connectivity index (χ1n) is 6.07. The number of para-hydroxylation sites is 1. The molecule has 1 N–H and O–H groups in total. The molecule has 2 rings (SSSR count). The third kappa shape index (κ3) is 3.12.